The lowest BCUT2D eigenvalue weighted by Gasteiger charge is -2.45. The molecule has 1 aliphatic rings. The average molecular weight is 345 g/mol. The number of carbonyl (C=O) groups is 2. The first-order valence-electron chi connectivity index (χ1n) is 8.04. The van der Waals surface area contributed by atoms with Crippen molar-refractivity contribution in [3.63, 3.8) is 0 Å². The highest BCUT2D eigenvalue weighted by Gasteiger charge is 2.49. The Hall–Kier alpha value is -2.57. The standard InChI is InChI=1S/C18H20FN3O3/c1-17(2,3)13(23)15(24)22-9-18(4,10-22)16-21-20-14(25-16)11-6-5-7-12(19)8-11/h5-8H,9-10H2,1-4H3. The van der Waals surface area contributed by atoms with Crippen LogP contribution in [0.1, 0.15) is 33.6 Å². The molecule has 0 saturated carbocycles. The molecule has 3 rings (SSSR count). The smallest absolute Gasteiger partial charge is 0.290 e. The number of aromatic nitrogens is 2. The summed E-state index contributed by atoms with van der Waals surface area (Å²) in [6.45, 7) is 7.71. The van der Waals surface area contributed by atoms with Gasteiger partial charge in [0.2, 0.25) is 17.6 Å². The van der Waals surface area contributed by atoms with Crippen LogP contribution < -0.4 is 0 Å². The van der Waals surface area contributed by atoms with Gasteiger partial charge in [-0.1, -0.05) is 26.8 Å². The van der Waals surface area contributed by atoms with E-state index in [-0.39, 0.29) is 11.7 Å². The summed E-state index contributed by atoms with van der Waals surface area (Å²) in [4.78, 5) is 25.8. The van der Waals surface area contributed by atoms with Crippen LogP contribution in [-0.4, -0.2) is 39.9 Å². The van der Waals surface area contributed by atoms with E-state index in [1.807, 2.05) is 6.92 Å². The van der Waals surface area contributed by atoms with Crippen LogP contribution >= 0.6 is 0 Å². The van der Waals surface area contributed by atoms with E-state index in [0.717, 1.165) is 0 Å². The second-order valence-electron chi connectivity index (χ2n) is 7.72. The number of carbonyl (C=O) groups excluding carboxylic acids is 2. The summed E-state index contributed by atoms with van der Waals surface area (Å²) >= 11 is 0. The molecule has 0 atom stereocenters. The molecule has 132 valence electrons. The number of halogens is 1. The number of likely N-dealkylation sites (tertiary alicyclic amines) is 1. The van der Waals surface area contributed by atoms with Gasteiger partial charge in [0.1, 0.15) is 5.82 Å². The van der Waals surface area contributed by atoms with Gasteiger partial charge in [0.15, 0.2) is 0 Å². The molecular weight excluding hydrogens is 325 g/mol. The van der Waals surface area contributed by atoms with Crippen LogP contribution in [0, 0.1) is 11.2 Å². The lowest BCUT2D eigenvalue weighted by molar-refractivity contribution is -0.153. The summed E-state index contributed by atoms with van der Waals surface area (Å²) in [6, 6.07) is 5.90. The molecule has 0 radical (unpaired) electrons. The summed E-state index contributed by atoms with van der Waals surface area (Å²) in [6.07, 6.45) is 0. The summed E-state index contributed by atoms with van der Waals surface area (Å²) in [5.74, 6) is -0.690. The maximum atomic E-state index is 13.3. The number of hydrogen-bond acceptors (Lipinski definition) is 5. The number of Topliss-reactive ketones (excluding diaryl/α,β-unsaturated/α-hetero) is 1. The zero-order valence-corrected chi connectivity index (χ0v) is 14.7. The third kappa shape index (κ3) is 3.18. The summed E-state index contributed by atoms with van der Waals surface area (Å²) in [7, 11) is 0. The molecular formula is C18H20FN3O3. The average Bonchev–Trinajstić information content (AvgIpc) is 3.00. The van der Waals surface area contributed by atoms with E-state index in [2.05, 4.69) is 10.2 Å². The van der Waals surface area contributed by atoms with Gasteiger partial charge in [-0.2, -0.15) is 0 Å². The number of ketones is 1. The number of benzene rings is 1. The van der Waals surface area contributed by atoms with Gasteiger partial charge < -0.3 is 9.32 Å². The minimum Gasteiger partial charge on any atom is -0.420 e. The second kappa shape index (κ2) is 5.75. The van der Waals surface area contributed by atoms with Crippen LogP contribution in [0.25, 0.3) is 11.5 Å². The highest BCUT2D eigenvalue weighted by molar-refractivity contribution is 6.38. The molecule has 2 heterocycles. The largest absolute Gasteiger partial charge is 0.420 e. The first-order valence-corrected chi connectivity index (χ1v) is 8.04. The molecule has 1 aromatic heterocycles. The van der Waals surface area contributed by atoms with Gasteiger partial charge in [0.05, 0.1) is 5.41 Å². The van der Waals surface area contributed by atoms with Crippen molar-refractivity contribution in [3.8, 4) is 11.5 Å². The summed E-state index contributed by atoms with van der Waals surface area (Å²) in [5, 5.41) is 8.01. The van der Waals surface area contributed by atoms with E-state index < -0.39 is 22.5 Å². The predicted molar refractivity (Wildman–Crippen MR) is 88.1 cm³/mol. The third-order valence-electron chi connectivity index (χ3n) is 4.26. The minimum atomic E-state index is -0.710. The zero-order chi connectivity index (χ0) is 18.4. The van der Waals surface area contributed by atoms with Crippen molar-refractivity contribution in [3.05, 3.63) is 36.0 Å². The lowest BCUT2D eigenvalue weighted by atomic mass is 9.80. The fourth-order valence-corrected chi connectivity index (χ4v) is 2.74. The Morgan fingerprint density at radius 1 is 1.24 bits per heavy atom. The van der Waals surface area contributed by atoms with Crippen LogP contribution in [0.4, 0.5) is 4.39 Å². The SMILES string of the molecule is CC(C)(C)C(=O)C(=O)N1CC(C)(c2nnc(-c3cccc(F)c3)o2)C1. The zero-order valence-electron chi connectivity index (χ0n) is 14.7. The van der Waals surface area contributed by atoms with E-state index in [9.17, 15) is 14.0 Å². The molecule has 1 fully saturated rings. The van der Waals surface area contributed by atoms with E-state index >= 15 is 0 Å². The second-order valence-corrected chi connectivity index (χ2v) is 7.72. The first-order chi connectivity index (χ1) is 11.6. The molecule has 1 aromatic carbocycles. The maximum absolute atomic E-state index is 13.3. The van der Waals surface area contributed by atoms with Crippen LogP contribution in [0.5, 0.6) is 0 Å². The Kier molecular flexibility index (Phi) is 3.97. The molecule has 0 aliphatic carbocycles. The Labute approximate surface area is 145 Å². The van der Waals surface area contributed by atoms with Crippen molar-refractivity contribution >= 4 is 11.7 Å². The molecule has 25 heavy (non-hydrogen) atoms. The Morgan fingerprint density at radius 3 is 2.52 bits per heavy atom. The van der Waals surface area contributed by atoms with Gasteiger partial charge in [-0.15, -0.1) is 10.2 Å². The van der Waals surface area contributed by atoms with Gasteiger partial charge in [-0.3, -0.25) is 9.59 Å². The molecule has 6 nitrogen and oxygen atoms in total. The fraction of sp³-hybridized carbons (Fsp3) is 0.444. The van der Waals surface area contributed by atoms with Gasteiger partial charge in [-0.05, 0) is 25.1 Å². The number of rotatable bonds is 3. The molecule has 1 aliphatic heterocycles. The van der Waals surface area contributed by atoms with Crippen molar-refractivity contribution in [1.29, 1.82) is 0 Å². The normalized spacial score (nSPS) is 16.4. The van der Waals surface area contributed by atoms with Crippen molar-refractivity contribution < 1.29 is 18.4 Å². The fourth-order valence-electron chi connectivity index (χ4n) is 2.74. The van der Waals surface area contributed by atoms with Crippen molar-refractivity contribution in [2.24, 2.45) is 5.41 Å². The predicted octanol–water partition coefficient (Wildman–Crippen LogP) is 2.59. The van der Waals surface area contributed by atoms with Crippen molar-refractivity contribution in [2.75, 3.05) is 13.1 Å². The van der Waals surface area contributed by atoms with Gasteiger partial charge >= 0.3 is 0 Å². The molecule has 1 saturated heterocycles. The third-order valence-corrected chi connectivity index (χ3v) is 4.26. The van der Waals surface area contributed by atoms with E-state index in [4.69, 9.17) is 4.42 Å². The Bertz CT molecular complexity index is 832. The molecule has 2 aromatic rings. The molecule has 1 amide bonds. The quantitative estimate of drug-likeness (QED) is 0.799. The van der Waals surface area contributed by atoms with Crippen LogP contribution in [0.3, 0.4) is 0 Å². The molecule has 0 bridgehead atoms. The Morgan fingerprint density at radius 2 is 1.92 bits per heavy atom. The minimum absolute atomic E-state index is 0.228. The topological polar surface area (TPSA) is 76.3 Å². The first kappa shape index (κ1) is 17.3. The summed E-state index contributed by atoms with van der Waals surface area (Å²) < 4.78 is 19.0. The van der Waals surface area contributed by atoms with E-state index in [0.29, 0.717) is 24.5 Å². The van der Waals surface area contributed by atoms with Gasteiger partial charge in [-0.25, -0.2) is 4.39 Å². The van der Waals surface area contributed by atoms with Crippen molar-refractivity contribution in [2.45, 2.75) is 33.1 Å². The maximum Gasteiger partial charge on any atom is 0.290 e. The van der Waals surface area contributed by atoms with Gasteiger partial charge in [0, 0.05) is 24.1 Å². The summed E-state index contributed by atoms with van der Waals surface area (Å²) in [5.41, 5.74) is -0.720. The number of nitrogens with zero attached hydrogens (tertiary/aromatic N) is 3. The van der Waals surface area contributed by atoms with Gasteiger partial charge in [0.25, 0.3) is 5.91 Å². The number of hydrogen-bond donors (Lipinski definition) is 0. The highest BCUT2D eigenvalue weighted by Crippen LogP contribution is 2.35. The Balaban J connectivity index is 1.73. The monoisotopic (exact) mass is 345 g/mol. The van der Waals surface area contributed by atoms with Crippen LogP contribution in [-0.2, 0) is 15.0 Å². The molecule has 7 heteroatoms. The molecule has 0 spiro atoms. The van der Waals surface area contributed by atoms with E-state index in [1.165, 1.54) is 17.0 Å². The number of amides is 1. The molecule has 0 N–H and O–H groups in total. The van der Waals surface area contributed by atoms with Crippen molar-refractivity contribution in [1.82, 2.24) is 15.1 Å². The molecule has 0 unspecified atom stereocenters. The van der Waals surface area contributed by atoms with E-state index in [1.54, 1.807) is 32.9 Å². The lowest BCUT2D eigenvalue weighted by Crippen LogP contribution is -2.62. The van der Waals surface area contributed by atoms with Crippen LogP contribution in [0.2, 0.25) is 0 Å². The highest BCUT2D eigenvalue weighted by atomic mass is 19.1. The van der Waals surface area contributed by atoms with Crippen LogP contribution in [0.15, 0.2) is 28.7 Å².